The highest BCUT2D eigenvalue weighted by atomic mass is 19.2. The van der Waals surface area contributed by atoms with Gasteiger partial charge in [-0.3, -0.25) is 14.9 Å². The van der Waals surface area contributed by atoms with Crippen LogP contribution in [0.3, 0.4) is 0 Å². The topological polar surface area (TPSA) is 66.5 Å². The molecule has 1 aliphatic heterocycles. The molecule has 0 radical (unpaired) electrons. The predicted molar refractivity (Wildman–Crippen MR) is 65.7 cm³/mol. The summed E-state index contributed by atoms with van der Waals surface area (Å²) in [6, 6.07) is -0.0982. The predicted octanol–water partition coefficient (Wildman–Crippen LogP) is 1.96. The number of benzene rings is 1. The fourth-order valence-corrected chi connectivity index (χ4v) is 2.09. The molecule has 1 saturated heterocycles. The van der Waals surface area contributed by atoms with Gasteiger partial charge in [-0.05, 0) is 5.92 Å². The SMILES string of the molecule is CC(C)C1C(=O)NC(=O)N(c2cc(F)c(F)c(F)c2)C1=O. The van der Waals surface area contributed by atoms with E-state index in [0.29, 0.717) is 17.0 Å². The smallest absolute Gasteiger partial charge is 0.277 e. The summed E-state index contributed by atoms with van der Waals surface area (Å²) in [5.74, 6) is -8.07. The van der Waals surface area contributed by atoms with Gasteiger partial charge >= 0.3 is 6.03 Å². The first-order chi connectivity index (χ1) is 9.73. The molecule has 0 spiro atoms. The Morgan fingerprint density at radius 3 is 2.10 bits per heavy atom. The molecule has 8 heteroatoms. The van der Waals surface area contributed by atoms with E-state index in [-0.39, 0.29) is 0 Å². The lowest BCUT2D eigenvalue weighted by molar-refractivity contribution is -0.136. The average molecular weight is 300 g/mol. The number of nitrogens with zero attached hydrogens (tertiary/aromatic N) is 1. The van der Waals surface area contributed by atoms with Gasteiger partial charge in [0, 0.05) is 12.1 Å². The molecule has 1 unspecified atom stereocenters. The highest BCUT2D eigenvalue weighted by Gasteiger charge is 2.43. The Morgan fingerprint density at radius 2 is 1.62 bits per heavy atom. The van der Waals surface area contributed by atoms with Crippen LogP contribution in [0.2, 0.25) is 0 Å². The molecule has 1 aromatic rings. The summed E-state index contributed by atoms with van der Waals surface area (Å²) in [7, 11) is 0. The van der Waals surface area contributed by atoms with Crippen molar-refractivity contribution in [3.63, 3.8) is 0 Å². The molecule has 1 atom stereocenters. The molecule has 0 saturated carbocycles. The van der Waals surface area contributed by atoms with Crippen LogP contribution in [0.5, 0.6) is 0 Å². The summed E-state index contributed by atoms with van der Waals surface area (Å²) >= 11 is 0. The number of hydrogen-bond donors (Lipinski definition) is 1. The second kappa shape index (κ2) is 5.19. The van der Waals surface area contributed by atoms with Crippen molar-refractivity contribution in [3.8, 4) is 0 Å². The second-order valence-electron chi connectivity index (χ2n) is 4.91. The minimum atomic E-state index is -1.71. The van der Waals surface area contributed by atoms with E-state index >= 15 is 0 Å². The molecule has 5 nitrogen and oxygen atoms in total. The van der Waals surface area contributed by atoms with Crippen LogP contribution in [-0.2, 0) is 9.59 Å². The van der Waals surface area contributed by atoms with Crippen molar-refractivity contribution < 1.29 is 27.6 Å². The van der Waals surface area contributed by atoms with Crippen molar-refractivity contribution in [2.75, 3.05) is 4.90 Å². The number of urea groups is 1. The number of imide groups is 2. The Morgan fingerprint density at radius 1 is 1.10 bits per heavy atom. The van der Waals surface area contributed by atoms with Gasteiger partial charge in [0.15, 0.2) is 17.5 Å². The van der Waals surface area contributed by atoms with Crippen molar-refractivity contribution in [1.82, 2.24) is 5.32 Å². The van der Waals surface area contributed by atoms with Crippen LogP contribution in [-0.4, -0.2) is 17.8 Å². The van der Waals surface area contributed by atoms with E-state index in [1.807, 2.05) is 5.32 Å². The average Bonchev–Trinajstić information content (AvgIpc) is 2.34. The van der Waals surface area contributed by atoms with E-state index in [1.165, 1.54) is 0 Å². The number of hydrogen-bond acceptors (Lipinski definition) is 3. The maximum absolute atomic E-state index is 13.2. The van der Waals surface area contributed by atoms with Crippen LogP contribution >= 0.6 is 0 Å². The quantitative estimate of drug-likeness (QED) is 0.670. The van der Waals surface area contributed by atoms with E-state index in [9.17, 15) is 27.6 Å². The molecule has 4 amide bonds. The van der Waals surface area contributed by atoms with E-state index < -0.39 is 52.8 Å². The van der Waals surface area contributed by atoms with Crippen molar-refractivity contribution in [3.05, 3.63) is 29.6 Å². The van der Waals surface area contributed by atoms with Crippen molar-refractivity contribution >= 4 is 23.5 Å². The Kier molecular flexibility index (Phi) is 3.71. The van der Waals surface area contributed by atoms with Gasteiger partial charge < -0.3 is 0 Å². The highest BCUT2D eigenvalue weighted by Crippen LogP contribution is 2.27. The van der Waals surface area contributed by atoms with Gasteiger partial charge in [-0.25, -0.2) is 22.9 Å². The van der Waals surface area contributed by atoms with Gasteiger partial charge in [0.1, 0.15) is 5.92 Å². The van der Waals surface area contributed by atoms with E-state index in [1.54, 1.807) is 13.8 Å². The first-order valence-electron chi connectivity index (χ1n) is 6.07. The summed E-state index contributed by atoms with van der Waals surface area (Å²) in [5.41, 5.74) is -0.480. The Bertz CT molecular complexity index is 623. The van der Waals surface area contributed by atoms with Crippen molar-refractivity contribution in [2.45, 2.75) is 13.8 Å². The molecule has 1 aliphatic rings. The molecule has 1 fully saturated rings. The number of barbiturate groups is 1. The molecule has 21 heavy (non-hydrogen) atoms. The van der Waals surface area contributed by atoms with Crippen molar-refractivity contribution in [1.29, 1.82) is 0 Å². The zero-order valence-corrected chi connectivity index (χ0v) is 11.1. The summed E-state index contributed by atoms with van der Waals surface area (Å²) in [6.45, 7) is 3.17. The lowest BCUT2D eigenvalue weighted by Crippen LogP contribution is -2.59. The molecule has 2 rings (SSSR count). The molecule has 0 aromatic heterocycles. The lowest BCUT2D eigenvalue weighted by Gasteiger charge is -2.31. The van der Waals surface area contributed by atoms with Crippen LogP contribution in [0.15, 0.2) is 12.1 Å². The number of amides is 4. The van der Waals surface area contributed by atoms with Crippen LogP contribution < -0.4 is 10.2 Å². The molecule has 1 heterocycles. The summed E-state index contributed by atoms with van der Waals surface area (Å²) in [4.78, 5) is 36.0. The summed E-state index contributed by atoms with van der Waals surface area (Å²) in [6.07, 6.45) is 0. The Labute approximate surface area is 117 Å². The van der Waals surface area contributed by atoms with Gasteiger partial charge in [0.05, 0.1) is 5.69 Å². The molecule has 0 bridgehead atoms. The van der Waals surface area contributed by atoms with Crippen LogP contribution in [0.25, 0.3) is 0 Å². The van der Waals surface area contributed by atoms with Gasteiger partial charge in [0.25, 0.3) is 0 Å². The maximum Gasteiger partial charge on any atom is 0.335 e. The number of anilines is 1. The number of nitrogens with one attached hydrogen (secondary N) is 1. The number of carbonyl (C=O) groups is 3. The molecular weight excluding hydrogens is 289 g/mol. The molecule has 1 N–H and O–H groups in total. The molecule has 112 valence electrons. The highest BCUT2D eigenvalue weighted by molar-refractivity contribution is 6.27. The molecule has 1 aromatic carbocycles. The van der Waals surface area contributed by atoms with Crippen LogP contribution in [0.1, 0.15) is 13.8 Å². The third kappa shape index (κ3) is 2.48. The van der Waals surface area contributed by atoms with Crippen molar-refractivity contribution in [2.24, 2.45) is 11.8 Å². The summed E-state index contributed by atoms with van der Waals surface area (Å²) in [5, 5.41) is 1.93. The normalized spacial score (nSPS) is 19.2. The Balaban J connectivity index is 2.49. The molecule has 0 aliphatic carbocycles. The first-order valence-corrected chi connectivity index (χ1v) is 6.07. The van der Waals surface area contributed by atoms with E-state index in [2.05, 4.69) is 0 Å². The monoisotopic (exact) mass is 300 g/mol. The minimum Gasteiger partial charge on any atom is -0.277 e. The lowest BCUT2D eigenvalue weighted by atomic mass is 9.92. The Hall–Kier alpha value is -2.38. The zero-order chi connectivity index (χ0) is 15.9. The third-order valence-electron chi connectivity index (χ3n) is 3.10. The van der Waals surface area contributed by atoms with Gasteiger partial charge in [-0.2, -0.15) is 0 Å². The summed E-state index contributed by atoms with van der Waals surface area (Å²) < 4.78 is 39.4. The fraction of sp³-hybridized carbons (Fsp3) is 0.308. The van der Waals surface area contributed by atoms with E-state index in [0.717, 1.165) is 0 Å². The number of halogens is 3. The second-order valence-corrected chi connectivity index (χ2v) is 4.91. The van der Waals surface area contributed by atoms with Crippen LogP contribution in [0.4, 0.5) is 23.7 Å². The minimum absolute atomic E-state index is 0.428. The molecular formula is C13H11F3N2O3. The fourth-order valence-electron chi connectivity index (χ4n) is 2.09. The zero-order valence-electron chi connectivity index (χ0n) is 11.1. The van der Waals surface area contributed by atoms with Gasteiger partial charge in [0.2, 0.25) is 11.8 Å². The van der Waals surface area contributed by atoms with Gasteiger partial charge in [-0.1, -0.05) is 13.8 Å². The van der Waals surface area contributed by atoms with Crippen LogP contribution in [0, 0.1) is 29.3 Å². The maximum atomic E-state index is 13.2. The third-order valence-corrected chi connectivity index (χ3v) is 3.10. The number of rotatable bonds is 2. The standard InChI is InChI=1S/C13H11F3N2O3/c1-5(2)9-11(19)17-13(21)18(12(9)20)6-3-7(14)10(16)8(15)4-6/h3-5,9H,1-2H3,(H,17,19,21). The number of carbonyl (C=O) groups excluding carboxylic acids is 3. The van der Waals surface area contributed by atoms with E-state index in [4.69, 9.17) is 0 Å². The van der Waals surface area contributed by atoms with Gasteiger partial charge in [-0.15, -0.1) is 0 Å². The largest absolute Gasteiger partial charge is 0.335 e. The first kappa shape index (κ1) is 15.0.